The van der Waals surface area contributed by atoms with Crippen LogP contribution < -0.4 is 0 Å². The highest BCUT2D eigenvalue weighted by molar-refractivity contribution is 6.19. The first kappa shape index (κ1) is 15.9. The standard InChI is InChI=1S/C37H24N2/c1-2-13-26(14-3-1)37-38-33-20-10-11-21-34(33)39(37)36-31-18-8-6-16-29(31)35(30-17-7-9-19-32(30)36)28-23-22-25-12-4-5-15-27(25)24-28/h1-24H/i4D,5D,12D,15D,22D,23D,24D. The van der Waals surface area contributed by atoms with Crippen molar-refractivity contribution in [1.82, 2.24) is 9.55 Å². The summed E-state index contributed by atoms with van der Waals surface area (Å²) in [4.78, 5) is 5.07. The van der Waals surface area contributed by atoms with Gasteiger partial charge in [-0.2, -0.15) is 0 Å². The molecule has 0 aliphatic heterocycles. The van der Waals surface area contributed by atoms with E-state index >= 15 is 0 Å². The number of para-hydroxylation sites is 2. The van der Waals surface area contributed by atoms with E-state index < -0.39 is 24.2 Å². The molecule has 7 aromatic carbocycles. The molecule has 8 aromatic rings. The third-order valence-electron chi connectivity index (χ3n) is 7.22. The van der Waals surface area contributed by atoms with Crippen molar-refractivity contribution < 1.29 is 9.60 Å². The third-order valence-corrected chi connectivity index (χ3v) is 7.22. The van der Waals surface area contributed by atoms with E-state index in [4.69, 9.17) is 13.2 Å². The van der Waals surface area contributed by atoms with Crippen molar-refractivity contribution in [3.63, 3.8) is 0 Å². The molecule has 2 heteroatoms. The highest BCUT2D eigenvalue weighted by Crippen LogP contribution is 2.43. The van der Waals surface area contributed by atoms with Crippen molar-refractivity contribution in [2.24, 2.45) is 0 Å². The molecule has 0 radical (unpaired) electrons. The summed E-state index contributed by atoms with van der Waals surface area (Å²) in [6.07, 6.45) is 0. The van der Waals surface area contributed by atoms with Gasteiger partial charge >= 0.3 is 0 Å². The lowest BCUT2D eigenvalue weighted by molar-refractivity contribution is 1.13. The van der Waals surface area contributed by atoms with Crippen LogP contribution in [-0.2, 0) is 0 Å². The Labute approximate surface area is 236 Å². The number of imidazole rings is 1. The fourth-order valence-corrected chi connectivity index (χ4v) is 5.56. The number of benzene rings is 7. The van der Waals surface area contributed by atoms with Gasteiger partial charge in [-0.25, -0.2) is 4.98 Å². The molecule has 0 aliphatic rings. The summed E-state index contributed by atoms with van der Waals surface area (Å²) in [5, 5.41) is 3.00. The molecular formula is C37H24N2. The Hall–Kier alpha value is -5.21. The SMILES string of the molecule is [2H]c1c([2H])c([2H])c2c([2H])c(-c3c4ccccc4c(-n4c(-c5ccccc5)nc5ccccc54)c4ccccc34)c([2H])c([2H])c2c1[2H]. The van der Waals surface area contributed by atoms with Gasteiger partial charge in [0.05, 0.1) is 26.3 Å². The summed E-state index contributed by atoms with van der Waals surface area (Å²) in [7, 11) is 0. The van der Waals surface area contributed by atoms with E-state index in [0.29, 0.717) is 5.56 Å². The van der Waals surface area contributed by atoms with Gasteiger partial charge in [-0.05, 0) is 50.8 Å². The summed E-state index contributed by atoms with van der Waals surface area (Å²) < 4.78 is 63.2. The number of hydrogen-bond donors (Lipinski definition) is 0. The van der Waals surface area contributed by atoms with E-state index in [1.807, 2.05) is 103 Å². The lowest BCUT2D eigenvalue weighted by atomic mass is 9.89. The van der Waals surface area contributed by atoms with E-state index in [-0.39, 0.29) is 34.5 Å². The second kappa shape index (κ2) is 8.68. The van der Waals surface area contributed by atoms with Crippen LogP contribution >= 0.6 is 0 Å². The zero-order valence-corrected chi connectivity index (χ0v) is 20.7. The minimum Gasteiger partial charge on any atom is -0.291 e. The van der Waals surface area contributed by atoms with Crippen LogP contribution in [0, 0.1) is 0 Å². The van der Waals surface area contributed by atoms with Gasteiger partial charge in [-0.15, -0.1) is 0 Å². The normalized spacial score (nSPS) is 14.1. The molecule has 1 heterocycles. The summed E-state index contributed by atoms with van der Waals surface area (Å²) >= 11 is 0. The first-order valence-corrected chi connectivity index (χ1v) is 12.8. The average molecular weight is 504 g/mol. The van der Waals surface area contributed by atoms with Gasteiger partial charge < -0.3 is 0 Å². The monoisotopic (exact) mass is 503 g/mol. The van der Waals surface area contributed by atoms with E-state index in [2.05, 4.69) is 4.57 Å². The molecule has 2 nitrogen and oxygen atoms in total. The third kappa shape index (κ3) is 3.39. The highest BCUT2D eigenvalue weighted by atomic mass is 15.1. The van der Waals surface area contributed by atoms with Crippen molar-refractivity contribution in [3.8, 4) is 28.2 Å². The lowest BCUT2D eigenvalue weighted by Gasteiger charge is -2.20. The minimum absolute atomic E-state index is 0.0637. The van der Waals surface area contributed by atoms with Gasteiger partial charge in [0, 0.05) is 16.3 Å². The quantitative estimate of drug-likeness (QED) is 0.219. The Morgan fingerprint density at radius 3 is 1.90 bits per heavy atom. The molecule has 0 unspecified atom stereocenters. The van der Waals surface area contributed by atoms with Crippen molar-refractivity contribution in [1.29, 1.82) is 0 Å². The molecule has 0 fully saturated rings. The molecule has 0 aliphatic carbocycles. The largest absolute Gasteiger partial charge is 0.291 e. The molecule has 182 valence electrons. The Balaban J connectivity index is 1.58. The predicted octanol–water partition coefficient (Wildman–Crippen LogP) is 9.82. The van der Waals surface area contributed by atoms with Crippen molar-refractivity contribution in [2.45, 2.75) is 0 Å². The molecule has 0 amide bonds. The van der Waals surface area contributed by atoms with Crippen LogP contribution in [0.15, 0.2) is 145 Å². The Bertz CT molecular complexity index is 2500. The van der Waals surface area contributed by atoms with Gasteiger partial charge in [0.15, 0.2) is 0 Å². The molecule has 0 atom stereocenters. The second-order valence-electron chi connectivity index (χ2n) is 9.44. The first-order valence-electron chi connectivity index (χ1n) is 16.3. The molecule has 8 rings (SSSR count). The summed E-state index contributed by atoms with van der Waals surface area (Å²) in [5.41, 5.74) is 4.30. The summed E-state index contributed by atoms with van der Waals surface area (Å²) in [6, 6.07) is 31.0. The molecule has 0 saturated heterocycles. The van der Waals surface area contributed by atoms with Crippen LogP contribution in [0.4, 0.5) is 0 Å². The predicted molar refractivity (Wildman–Crippen MR) is 164 cm³/mol. The summed E-state index contributed by atoms with van der Waals surface area (Å²) in [5.74, 6) is 0.766. The minimum atomic E-state index is -0.486. The number of hydrogen-bond acceptors (Lipinski definition) is 1. The van der Waals surface area contributed by atoms with Crippen molar-refractivity contribution >= 4 is 43.4 Å². The van der Waals surface area contributed by atoms with Crippen LogP contribution in [0.3, 0.4) is 0 Å². The average Bonchev–Trinajstić information content (AvgIpc) is 3.47. The fourth-order valence-electron chi connectivity index (χ4n) is 5.56. The second-order valence-corrected chi connectivity index (χ2v) is 9.44. The zero-order chi connectivity index (χ0) is 31.9. The van der Waals surface area contributed by atoms with E-state index in [0.717, 1.165) is 49.7 Å². The molecule has 0 N–H and O–H groups in total. The van der Waals surface area contributed by atoms with E-state index in [1.54, 1.807) is 0 Å². The smallest absolute Gasteiger partial charge is 0.145 e. The highest BCUT2D eigenvalue weighted by Gasteiger charge is 2.21. The van der Waals surface area contributed by atoms with E-state index in [9.17, 15) is 1.37 Å². The first-order chi connectivity index (χ1) is 22.3. The van der Waals surface area contributed by atoms with Crippen LogP contribution in [0.25, 0.3) is 71.6 Å². The Morgan fingerprint density at radius 1 is 0.538 bits per heavy atom. The van der Waals surface area contributed by atoms with Crippen LogP contribution in [0.1, 0.15) is 9.60 Å². The number of fused-ring (bicyclic) bond motifs is 4. The van der Waals surface area contributed by atoms with Gasteiger partial charge in [-0.3, -0.25) is 4.57 Å². The number of aromatic nitrogens is 2. The zero-order valence-electron chi connectivity index (χ0n) is 27.7. The van der Waals surface area contributed by atoms with Gasteiger partial charge in [-0.1, -0.05) is 127 Å². The maximum absolute atomic E-state index is 9.35. The molecular weight excluding hydrogens is 472 g/mol. The number of nitrogens with zero attached hydrogens (tertiary/aromatic N) is 2. The number of rotatable bonds is 3. The molecule has 1 aromatic heterocycles. The fraction of sp³-hybridized carbons (Fsp3) is 0. The maximum atomic E-state index is 9.35. The van der Waals surface area contributed by atoms with Gasteiger partial charge in [0.25, 0.3) is 0 Å². The summed E-state index contributed by atoms with van der Waals surface area (Å²) in [6.45, 7) is 0. The molecule has 0 spiro atoms. The van der Waals surface area contributed by atoms with E-state index in [1.165, 1.54) is 0 Å². The molecule has 39 heavy (non-hydrogen) atoms. The Morgan fingerprint density at radius 2 is 1.15 bits per heavy atom. The van der Waals surface area contributed by atoms with Crippen LogP contribution in [0.5, 0.6) is 0 Å². The topological polar surface area (TPSA) is 17.8 Å². The molecule has 0 bridgehead atoms. The van der Waals surface area contributed by atoms with Crippen LogP contribution in [-0.4, -0.2) is 9.55 Å². The van der Waals surface area contributed by atoms with Crippen molar-refractivity contribution in [3.05, 3.63) is 145 Å². The van der Waals surface area contributed by atoms with Gasteiger partial charge in [0.1, 0.15) is 5.82 Å². The lowest BCUT2D eigenvalue weighted by Crippen LogP contribution is -2.01. The van der Waals surface area contributed by atoms with Gasteiger partial charge in [0.2, 0.25) is 0 Å². The Kier molecular flexibility index (Phi) is 3.54. The molecule has 0 saturated carbocycles. The maximum Gasteiger partial charge on any atom is 0.145 e. The van der Waals surface area contributed by atoms with Crippen LogP contribution in [0.2, 0.25) is 0 Å². The van der Waals surface area contributed by atoms with Crippen molar-refractivity contribution in [2.75, 3.05) is 0 Å².